The van der Waals surface area contributed by atoms with E-state index in [2.05, 4.69) is 25.8 Å². The summed E-state index contributed by atoms with van der Waals surface area (Å²) in [5.74, 6) is 0.695. The first-order valence-corrected chi connectivity index (χ1v) is 10.8. The Hall–Kier alpha value is -2.74. The first-order chi connectivity index (χ1) is 14.5. The van der Waals surface area contributed by atoms with Gasteiger partial charge in [0, 0.05) is 61.9 Å². The average Bonchev–Trinajstić information content (AvgIpc) is 2.96. The maximum absolute atomic E-state index is 12.7. The van der Waals surface area contributed by atoms with Crippen molar-refractivity contribution in [2.24, 2.45) is 0 Å². The van der Waals surface area contributed by atoms with Crippen molar-refractivity contribution in [1.82, 2.24) is 20.5 Å². The highest BCUT2D eigenvalue weighted by atomic mass is 35.5. The summed E-state index contributed by atoms with van der Waals surface area (Å²) in [6, 6.07) is 7.15. The largest absolute Gasteiger partial charge is 0.373 e. The molecule has 0 radical (unpaired) electrons. The second kappa shape index (κ2) is 8.95. The van der Waals surface area contributed by atoms with Gasteiger partial charge < -0.3 is 25.8 Å². The zero-order valence-corrected chi connectivity index (χ0v) is 17.8. The fourth-order valence-electron chi connectivity index (χ4n) is 4.04. The number of piperazine rings is 1. The van der Waals surface area contributed by atoms with Crippen molar-refractivity contribution in [2.45, 2.75) is 25.3 Å². The number of anilines is 2. The molecule has 0 aliphatic carbocycles. The van der Waals surface area contributed by atoms with E-state index in [-0.39, 0.29) is 11.9 Å². The molecule has 4 rings (SSSR count). The summed E-state index contributed by atoms with van der Waals surface area (Å²) in [6.45, 7) is 3.27. The van der Waals surface area contributed by atoms with Crippen molar-refractivity contribution in [1.29, 1.82) is 0 Å². The van der Waals surface area contributed by atoms with Crippen LogP contribution >= 0.6 is 11.6 Å². The number of nitrogens with zero attached hydrogens (tertiary/aromatic N) is 3. The zero-order chi connectivity index (χ0) is 21.1. The third-order valence-corrected chi connectivity index (χ3v) is 5.98. The quantitative estimate of drug-likeness (QED) is 0.695. The molecule has 0 bridgehead atoms. The molecule has 8 nitrogen and oxygen atoms in total. The van der Waals surface area contributed by atoms with Gasteiger partial charge in [-0.15, -0.1) is 0 Å². The molecule has 2 fully saturated rings. The summed E-state index contributed by atoms with van der Waals surface area (Å²) in [5.41, 5.74) is 1.91. The fourth-order valence-corrected chi connectivity index (χ4v) is 4.21. The lowest BCUT2D eigenvalue weighted by molar-refractivity contribution is -0.122. The third-order valence-electron chi connectivity index (χ3n) is 5.75. The number of urea groups is 1. The Morgan fingerprint density at radius 2 is 2.00 bits per heavy atom. The highest BCUT2D eigenvalue weighted by molar-refractivity contribution is 6.31. The highest BCUT2D eigenvalue weighted by Gasteiger charge is 2.27. The fraction of sp³-hybridized carbons (Fsp3) is 0.476. The van der Waals surface area contributed by atoms with Crippen molar-refractivity contribution in [3.8, 4) is 0 Å². The van der Waals surface area contributed by atoms with Gasteiger partial charge in [0.25, 0.3) is 0 Å². The number of amides is 3. The van der Waals surface area contributed by atoms with E-state index in [1.54, 1.807) is 4.90 Å². The van der Waals surface area contributed by atoms with E-state index < -0.39 is 6.04 Å². The summed E-state index contributed by atoms with van der Waals surface area (Å²) in [7, 11) is 1.84. The molecule has 0 spiro atoms. The molecule has 0 saturated carbocycles. The van der Waals surface area contributed by atoms with Gasteiger partial charge in [-0.05, 0) is 37.5 Å². The first-order valence-electron chi connectivity index (χ1n) is 10.4. The summed E-state index contributed by atoms with van der Waals surface area (Å²) in [6.07, 6.45) is 2.58. The summed E-state index contributed by atoms with van der Waals surface area (Å²) >= 11 is 6.15. The number of hydrogen-bond acceptors (Lipinski definition) is 5. The minimum atomic E-state index is -0.440. The SMILES string of the molecule is CNc1cc(N2CCN(C(=O)NC3CCCCNC3=O)CC2)c2ccc(Cl)cc2n1. The molecule has 1 atom stereocenters. The number of fused-ring (bicyclic) bond motifs is 1. The van der Waals surface area contributed by atoms with Crippen LogP contribution in [0.15, 0.2) is 24.3 Å². The van der Waals surface area contributed by atoms with E-state index in [4.69, 9.17) is 11.6 Å². The number of halogens is 1. The van der Waals surface area contributed by atoms with Crippen LogP contribution in [0.5, 0.6) is 0 Å². The molecule has 2 aromatic rings. The molecule has 1 aromatic heterocycles. The number of hydrogen-bond donors (Lipinski definition) is 3. The predicted octanol–water partition coefficient (Wildman–Crippen LogP) is 2.43. The number of carbonyl (C=O) groups excluding carboxylic acids is 2. The van der Waals surface area contributed by atoms with Gasteiger partial charge in [0.1, 0.15) is 11.9 Å². The average molecular weight is 431 g/mol. The minimum Gasteiger partial charge on any atom is -0.373 e. The van der Waals surface area contributed by atoms with Crippen LogP contribution in [0.4, 0.5) is 16.3 Å². The Morgan fingerprint density at radius 1 is 1.20 bits per heavy atom. The smallest absolute Gasteiger partial charge is 0.318 e. The number of pyridine rings is 1. The molecule has 3 N–H and O–H groups in total. The lowest BCUT2D eigenvalue weighted by Crippen LogP contribution is -2.55. The second-order valence-electron chi connectivity index (χ2n) is 7.70. The Kier molecular flexibility index (Phi) is 6.13. The van der Waals surface area contributed by atoms with Gasteiger partial charge in [-0.25, -0.2) is 9.78 Å². The molecule has 2 aliphatic heterocycles. The Labute approximate surface area is 180 Å². The molecular weight excluding hydrogens is 404 g/mol. The van der Waals surface area contributed by atoms with Gasteiger partial charge >= 0.3 is 6.03 Å². The molecule has 1 aromatic carbocycles. The van der Waals surface area contributed by atoms with E-state index in [0.717, 1.165) is 35.2 Å². The van der Waals surface area contributed by atoms with Crippen molar-refractivity contribution < 1.29 is 9.59 Å². The van der Waals surface area contributed by atoms with E-state index >= 15 is 0 Å². The number of carbonyl (C=O) groups is 2. The molecule has 1 unspecified atom stereocenters. The standard InChI is InChI=1S/C21H27ClN6O2/c1-23-19-13-18(15-6-5-14(22)12-17(15)25-19)27-8-10-28(11-9-27)21(30)26-16-4-2-3-7-24-20(16)29/h5-6,12-13,16H,2-4,7-11H2,1H3,(H,23,25)(H,24,29)(H,26,30). The summed E-state index contributed by atoms with van der Waals surface area (Å²) in [4.78, 5) is 33.5. The Bertz CT molecular complexity index is 944. The number of rotatable bonds is 3. The van der Waals surface area contributed by atoms with Crippen LogP contribution < -0.4 is 20.9 Å². The zero-order valence-electron chi connectivity index (χ0n) is 17.1. The van der Waals surface area contributed by atoms with Crippen LogP contribution in [-0.4, -0.2) is 67.6 Å². The molecule has 30 heavy (non-hydrogen) atoms. The van der Waals surface area contributed by atoms with E-state index in [0.29, 0.717) is 44.2 Å². The van der Waals surface area contributed by atoms with Gasteiger partial charge in [-0.2, -0.15) is 0 Å². The topological polar surface area (TPSA) is 89.6 Å². The predicted molar refractivity (Wildman–Crippen MR) is 119 cm³/mol. The van der Waals surface area contributed by atoms with Crippen LogP contribution in [0.1, 0.15) is 19.3 Å². The van der Waals surface area contributed by atoms with Crippen LogP contribution in [0.3, 0.4) is 0 Å². The monoisotopic (exact) mass is 430 g/mol. The van der Waals surface area contributed by atoms with Crippen LogP contribution in [0.2, 0.25) is 5.02 Å². The normalized spacial score (nSPS) is 19.9. The van der Waals surface area contributed by atoms with Gasteiger partial charge in [0.05, 0.1) is 5.52 Å². The van der Waals surface area contributed by atoms with Gasteiger partial charge in [0.15, 0.2) is 0 Å². The summed E-state index contributed by atoms with van der Waals surface area (Å²) < 4.78 is 0. The van der Waals surface area contributed by atoms with Crippen molar-refractivity contribution in [3.63, 3.8) is 0 Å². The summed E-state index contributed by atoms with van der Waals surface area (Å²) in [5, 5.41) is 10.6. The molecule has 3 amide bonds. The molecular formula is C21H27ClN6O2. The Morgan fingerprint density at radius 3 is 2.77 bits per heavy atom. The van der Waals surface area contributed by atoms with Crippen LogP contribution in [-0.2, 0) is 4.79 Å². The molecule has 9 heteroatoms. The minimum absolute atomic E-state index is 0.0824. The number of nitrogens with one attached hydrogen (secondary N) is 3. The highest BCUT2D eigenvalue weighted by Crippen LogP contribution is 2.31. The van der Waals surface area contributed by atoms with Crippen LogP contribution in [0, 0.1) is 0 Å². The maximum atomic E-state index is 12.7. The molecule has 2 saturated heterocycles. The van der Waals surface area contributed by atoms with Gasteiger partial charge in [-0.1, -0.05) is 11.6 Å². The Balaban J connectivity index is 1.44. The number of benzene rings is 1. The van der Waals surface area contributed by atoms with Crippen molar-refractivity contribution in [2.75, 3.05) is 50.0 Å². The second-order valence-corrected chi connectivity index (χ2v) is 8.14. The van der Waals surface area contributed by atoms with E-state index in [1.165, 1.54) is 0 Å². The van der Waals surface area contributed by atoms with Gasteiger partial charge in [-0.3, -0.25) is 4.79 Å². The lowest BCUT2D eigenvalue weighted by atomic mass is 10.1. The van der Waals surface area contributed by atoms with Crippen molar-refractivity contribution >= 4 is 45.9 Å². The molecule has 2 aliphatic rings. The molecule has 160 valence electrons. The lowest BCUT2D eigenvalue weighted by Gasteiger charge is -2.37. The van der Waals surface area contributed by atoms with Crippen LogP contribution in [0.25, 0.3) is 10.9 Å². The molecule has 3 heterocycles. The van der Waals surface area contributed by atoms with E-state index in [9.17, 15) is 9.59 Å². The maximum Gasteiger partial charge on any atom is 0.318 e. The van der Waals surface area contributed by atoms with Gasteiger partial charge in [0.2, 0.25) is 5.91 Å². The van der Waals surface area contributed by atoms with E-state index in [1.807, 2.05) is 31.3 Å². The van der Waals surface area contributed by atoms with Crippen molar-refractivity contribution in [3.05, 3.63) is 29.3 Å². The third kappa shape index (κ3) is 4.38. The first kappa shape index (κ1) is 20.5. The number of aromatic nitrogens is 1.